The quantitative estimate of drug-likeness (QED) is 0.765. The summed E-state index contributed by atoms with van der Waals surface area (Å²) in [6.45, 7) is 1.57. The van der Waals surface area contributed by atoms with Crippen LogP contribution in [0.5, 0.6) is 5.75 Å². The van der Waals surface area contributed by atoms with Gasteiger partial charge in [-0.1, -0.05) is 0 Å². The number of sulfonamides is 1. The maximum absolute atomic E-state index is 12.9. The van der Waals surface area contributed by atoms with Gasteiger partial charge >= 0.3 is 5.69 Å². The predicted molar refractivity (Wildman–Crippen MR) is 94.7 cm³/mol. The van der Waals surface area contributed by atoms with Crippen LogP contribution in [0.4, 0.5) is 0 Å². The first-order valence-electron chi connectivity index (χ1n) is 8.80. The third-order valence-corrected chi connectivity index (χ3v) is 6.90. The zero-order valence-corrected chi connectivity index (χ0v) is 15.5. The van der Waals surface area contributed by atoms with Crippen molar-refractivity contribution < 1.29 is 13.2 Å². The van der Waals surface area contributed by atoms with Crippen molar-refractivity contribution in [3.63, 3.8) is 0 Å². The minimum atomic E-state index is -3.61. The Kier molecular flexibility index (Phi) is 4.36. The second kappa shape index (κ2) is 6.55. The van der Waals surface area contributed by atoms with E-state index >= 15 is 0 Å². The van der Waals surface area contributed by atoms with E-state index in [1.54, 1.807) is 33.5 Å². The number of benzene rings is 1. The predicted octanol–water partition coefficient (Wildman–Crippen LogP) is 0.710. The molecule has 26 heavy (non-hydrogen) atoms. The van der Waals surface area contributed by atoms with Crippen molar-refractivity contribution in [3.8, 4) is 5.75 Å². The number of aromatic nitrogens is 3. The van der Waals surface area contributed by atoms with Crippen molar-refractivity contribution in [2.45, 2.75) is 37.2 Å². The van der Waals surface area contributed by atoms with Crippen LogP contribution >= 0.6 is 0 Å². The summed E-state index contributed by atoms with van der Waals surface area (Å²) in [6, 6.07) is 6.35. The van der Waals surface area contributed by atoms with E-state index in [1.165, 1.54) is 11.4 Å². The molecule has 140 valence electrons. The largest absolute Gasteiger partial charge is 0.497 e. The van der Waals surface area contributed by atoms with Crippen molar-refractivity contribution in [1.82, 2.24) is 18.7 Å². The van der Waals surface area contributed by atoms with Crippen LogP contribution in [0.3, 0.4) is 0 Å². The van der Waals surface area contributed by atoms with E-state index in [4.69, 9.17) is 4.74 Å². The fourth-order valence-electron chi connectivity index (χ4n) is 3.24. The zero-order valence-electron chi connectivity index (χ0n) is 14.7. The Hall–Kier alpha value is -2.13. The molecule has 2 aromatic rings. The molecule has 1 aromatic carbocycles. The highest BCUT2D eigenvalue weighted by Crippen LogP contribution is 2.30. The summed E-state index contributed by atoms with van der Waals surface area (Å²) in [5.41, 5.74) is -0.129. The molecule has 0 atom stereocenters. The van der Waals surface area contributed by atoms with E-state index in [0.717, 1.165) is 12.8 Å². The minimum absolute atomic E-state index is 0.129. The van der Waals surface area contributed by atoms with Crippen LogP contribution in [0.1, 0.15) is 18.7 Å². The van der Waals surface area contributed by atoms with E-state index in [2.05, 4.69) is 5.10 Å². The summed E-state index contributed by atoms with van der Waals surface area (Å²) in [5.74, 6) is 1.85. The molecular weight excluding hydrogens is 356 g/mol. The maximum atomic E-state index is 12.9. The first-order chi connectivity index (χ1) is 12.5. The average Bonchev–Trinajstić information content (AvgIpc) is 3.43. The monoisotopic (exact) mass is 378 g/mol. The summed E-state index contributed by atoms with van der Waals surface area (Å²) in [6.07, 6.45) is 2.74. The van der Waals surface area contributed by atoms with Gasteiger partial charge in [0.1, 0.15) is 11.6 Å². The van der Waals surface area contributed by atoms with Crippen LogP contribution in [0, 0.1) is 5.92 Å². The van der Waals surface area contributed by atoms with Crippen LogP contribution < -0.4 is 10.4 Å². The number of methoxy groups -OCH3 is 1. The van der Waals surface area contributed by atoms with Crippen LogP contribution in [0.15, 0.2) is 34.0 Å². The van der Waals surface area contributed by atoms with E-state index in [1.807, 2.05) is 0 Å². The van der Waals surface area contributed by atoms with Crippen molar-refractivity contribution >= 4 is 10.0 Å². The number of nitrogens with zero attached hydrogens (tertiary/aromatic N) is 4. The molecule has 0 unspecified atom stereocenters. The van der Waals surface area contributed by atoms with Crippen molar-refractivity contribution in [3.05, 3.63) is 40.6 Å². The topological polar surface area (TPSA) is 86.4 Å². The lowest BCUT2D eigenvalue weighted by molar-refractivity contribution is 0.407. The number of hydrogen-bond acceptors (Lipinski definition) is 5. The second-order valence-electron chi connectivity index (χ2n) is 6.81. The van der Waals surface area contributed by atoms with Crippen molar-refractivity contribution in [2.75, 3.05) is 20.2 Å². The van der Waals surface area contributed by atoms with Crippen LogP contribution in [0.25, 0.3) is 0 Å². The molecule has 8 nitrogen and oxygen atoms in total. The third-order valence-electron chi connectivity index (χ3n) is 4.98. The Balaban J connectivity index is 1.53. The second-order valence-corrected chi connectivity index (χ2v) is 8.74. The molecule has 0 N–H and O–H groups in total. The number of rotatable bonds is 5. The first-order valence-corrected chi connectivity index (χ1v) is 10.2. The first kappa shape index (κ1) is 17.3. The highest BCUT2D eigenvalue weighted by Gasteiger charge is 2.29. The highest BCUT2D eigenvalue weighted by atomic mass is 32.2. The molecule has 1 fully saturated rings. The minimum Gasteiger partial charge on any atom is -0.497 e. The Labute approximate surface area is 152 Å². The summed E-state index contributed by atoms with van der Waals surface area (Å²) in [5, 5.41) is 4.43. The van der Waals surface area contributed by atoms with Gasteiger partial charge in [-0.25, -0.2) is 17.9 Å². The molecule has 1 saturated carbocycles. The lowest BCUT2D eigenvalue weighted by Crippen LogP contribution is -2.35. The molecule has 9 heteroatoms. The Morgan fingerprint density at radius 1 is 1.15 bits per heavy atom. The Bertz CT molecular complexity index is 958. The van der Waals surface area contributed by atoms with E-state index in [0.29, 0.717) is 43.5 Å². The molecule has 0 spiro atoms. The lowest BCUT2D eigenvalue weighted by atomic mass is 10.3. The molecule has 1 aromatic heterocycles. The van der Waals surface area contributed by atoms with Gasteiger partial charge in [-0.05, 0) is 43.0 Å². The van der Waals surface area contributed by atoms with Crippen LogP contribution in [-0.2, 0) is 29.5 Å². The number of hydrogen-bond donors (Lipinski definition) is 0. The molecule has 0 saturated heterocycles. The molecule has 4 rings (SSSR count). The summed E-state index contributed by atoms with van der Waals surface area (Å²) < 4.78 is 35.4. The van der Waals surface area contributed by atoms with Crippen LogP contribution in [0.2, 0.25) is 0 Å². The molecule has 1 aliphatic carbocycles. The smallest absolute Gasteiger partial charge is 0.345 e. The molecular formula is C17H22N4O4S. The molecule has 2 aliphatic rings. The van der Waals surface area contributed by atoms with E-state index < -0.39 is 10.0 Å². The Morgan fingerprint density at radius 3 is 2.54 bits per heavy atom. The fraction of sp³-hybridized carbons (Fsp3) is 0.529. The zero-order chi connectivity index (χ0) is 18.3. The van der Waals surface area contributed by atoms with Gasteiger partial charge in [0.2, 0.25) is 10.0 Å². The summed E-state index contributed by atoms with van der Waals surface area (Å²) >= 11 is 0. The van der Waals surface area contributed by atoms with Gasteiger partial charge in [-0.2, -0.15) is 9.40 Å². The van der Waals surface area contributed by atoms with E-state index in [9.17, 15) is 13.2 Å². The molecule has 0 bridgehead atoms. The van der Waals surface area contributed by atoms with E-state index in [-0.39, 0.29) is 17.1 Å². The molecule has 0 radical (unpaired) electrons. The molecule has 0 amide bonds. The third kappa shape index (κ3) is 3.16. The van der Waals surface area contributed by atoms with Gasteiger partial charge in [-0.3, -0.25) is 4.57 Å². The van der Waals surface area contributed by atoms with Gasteiger partial charge in [-0.15, -0.1) is 0 Å². The number of ether oxygens (including phenoxy) is 1. The standard InChI is InChI=1S/C17H22N4O4S/c1-25-14-4-6-15(7-5-14)26(23,24)19-9-8-16-18-21(12-13-2-3-13)17(22)20(16)11-10-19/h4-7,13H,2-3,8-12H2,1H3. The summed E-state index contributed by atoms with van der Waals surface area (Å²) in [4.78, 5) is 12.7. The fourth-order valence-corrected chi connectivity index (χ4v) is 4.68. The summed E-state index contributed by atoms with van der Waals surface area (Å²) in [7, 11) is -2.07. The normalized spacial score (nSPS) is 18.3. The SMILES string of the molecule is COc1ccc(S(=O)(=O)N2CCc3nn(CC4CC4)c(=O)n3CC2)cc1. The van der Waals surface area contributed by atoms with Crippen LogP contribution in [-0.4, -0.2) is 47.3 Å². The van der Waals surface area contributed by atoms with Gasteiger partial charge in [0.05, 0.1) is 12.0 Å². The molecule has 1 aliphatic heterocycles. The Morgan fingerprint density at radius 2 is 1.88 bits per heavy atom. The van der Waals surface area contributed by atoms with Crippen molar-refractivity contribution in [1.29, 1.82) is 0 Å². The number of fused-ring (bicyclic) bond motifs is 1. The van der Waals surface area contributed by atoms with Gasteiger partial charge in [0.15, 0.2) is 0 Å². The lowest BCUT2D eigenvalue weighted by Gasteiger charge is -2.19. The average molecular weight is 378 g/mol. The highest BCUT2D eigenvalue weighted by molar-refractivity contribution is 7.89. The van der Waals surface area contributed by atoms with Gasteiger partial charge in [0.25, 0.3) is 0 Å². The maximum Gasteiger partial charge on any atom is 0.345 e. The molecule has 2 heterocycles. The van der Waals surface area contributed by atoms with Crippen molar-refractivity contribution in [2.24, 2.45) is 5.92 Å². The van der Waals surface area contributed by atoms with Gasteiger partial charge < -0.3 is 4.74 Å². The van der Waals surface area contributed by atoms with Gasteiger partial charge in [0, 0.05) is 32.6 Å².